The number of methoxy groups -OCH3 is 1. The Morgan fingerprint density at radius 2 is 1.74 bits per heavy atom. The molecule has 31 heavy (non-hydrogen) atoms. The lowest BCUT2D eigenvalue weighted by atomic mass is 10.1. The van der Waals surface area contributed by atoms with Gasteiger partial charge in [-0.1, -0.05) is 24.3 Å². The minimum absolute atomic E-state index is 0.00433. The van der Waals surface area contributed by atoms with E-state index in [2.05, 4.69) is 40.7 Å². The van der Waals surface area contributed by atoms with Crippen LogP contribution in [0.25, 0.3) is 0 Å². The van der Waals surface area contributed by atoms with Crippen molar-refractivity contribution in [1.29, 1.82) is 0 Å². The Labute approximate surface area is 185 Å². The molecule has 2 rings (SSSR count). The molecule has 2 aromatic carbocycles. The lowest BCUT2D eigenvalue weighted by Gasteiger charge is -2.16. The van der Waals surface area contributed by atoms with Crippen molar-refractivity contribution in [2.75, 3.05) is 41.5 Å². The quantitative estimate of drug-likeness (QED) is 0.347. The minimum atomic E-state index is -0.00433. The number of amides is 1. The summed E-state index contributed by atoms with van der Waals surface area (Å²) in [6.45, 7) is 4.54. The van der Waals surface area contributed by atoms with Crippen molar-refractivity contribution in [1.82, 2.24) is 15.5 Å². The zero-order valence-electron chi connectivity index (χ0n) is 19.2. The molecule has 0 unspecified atom stereocenters. The maximum atomic E-state index is 12.0. The van der Waals surface area contributed by atoms with Crippen molar-refractivity contribution in [3.63, 3.8) is 0 Å². The highest BCUT2D eigenvalue weighted by Gasteiger charge is 2.08. The van der Waals surface area contributed by atoms with E-state index in [0.717, 1.165) is 28.9 Å². The molecule has 7 nitrogen and oxygen atoms in total. The third-order valence-corrected chi connectivity index (χ3v) is 4.71. The van der Waals surface area contributed by atoms with E-state index in [1.54, 1.807) is 33.2 Å². The molecule has 0 fully saturated rings. The Hall–Kier alpha value is -3.06. The second kappa shape index (κ2) is 12.6. The van der Waals surface area contributed by atoms with Gasteiger partial charge in [-0.3, -0.25) is 9.79 Å². The SMILES string of the molecule is CN=C(NCc1ccc(C(=O)N(C)C)cc1)NCc1ccc(C)cc1OCCCOC. The summed E-state index contributed by atoms with van der Waals surface area (Å²) in [4.78, 5) is 17.9. The van der Waals surface area contributed by atoms with Crippen LogP contribution in [-0.2, 0) is 17.8 Å². The number of carbonyl (C=O) groups is 1. The maximum absolute atomic E-state index is 12.0. The van der Waals surface area contributed by atoms with E-state index in [9.17, 15) is 4.79 Å². The van der Waals surface area contributed by atoms with Gasteiger partial charge in [0, 0.05) is 65.5 Å². The van der Waals surface area contributed by atoms with Crippen molar-refractivity contribution in [3.05, 3.63) is 64.7 Å². The van der Waals surface area contributed by atoms with E-state index in [0.29, 0.717) is 37.8 Å². The van der Waals surface area contributed by atoms with Crippen molar-refractivity contribution < 1.29 is 14.3 Å². The first-order valence-electron chi connectivity index (χ1n) is 10.4. The molecule has 2 aromatic rings. The Balaban J connectivity index is 1.90. The molecule has 0 aliphatic rings. The number of aryl methyl sites for hydroxylation is 1. The van der Waals surface area contributed by atoms with E-state index in [1.807, 2.05) is 24.3 Å². The smallest absolute Gasteiger partial charge is 0.253 e. The van der Waals surface area contributed by atoms with Gasteiger partial charge in [-0.2, -0.15) is 0 Å². The van der Waals surface area contributed by atoms with Crippen LogP contribution in [0.2, 0.25) is 0 Å². The van der Waals surface area contributed by atoms with Crippen LogP contribution in [0.15, 0.2) is 47.5 Å². The molecule has 0 heterocycles. The number of aliphatic imine (C=N–C) groups is 1. The molecular weight excluding hydrogens is 392 g/mol. The zero-order chi connectivity index (χ0) is 22.6. The van der Waals surface area contributed by atoms with Gasteiger partial charge in [0.25, 0.3) is 5.91 Å². The molecule has 0 aromatic heterocycles. The zero-order valence-corrected chi connectivity index (χ0v) is 19.2. The summed E-state index contributed by atoms with van der Waals surface area (Å²) >= 11 is 0. The molecule has 0 radical (unpaired) electrons. The Bertz CT molecular complexity index is 864. The monoisotopic (exact) mass is 426 g/mol. The van der Waals surface area contributed by atoms with Crippen LogP contribution in [0.3, 0.4) is 0 Å². The molecule has 0 aliphatic carbocycles. The number of nitrogens with zero attached hydrogens (tertiary/aromatic N) is 2. The summed E-state index contributed by atoms with van der Waals surface area (Å²) in [7, 11) is 6.93. The summed E-state index contributed by atoms with van der Waals surface area (Å²) < 4.78 is 11.0. The van der Waals surface area contributed by atoms with Crippen LogP contribution in [-0.4, -0.2) is 58.2 Å². The number of carbonyl (C=O) groups excluding carboxylic acids is 1. The molecule has 0 aliphatic heterocycles. The van der Waals surface area contributed by atoms with Crippen molar-refractivity contribution in [2.24, 2.45) is 4.99 Å². The van der Waals surface area contributed by atoms with Crippen molar-refractivity contribution in [3.8, 4) is 5.75 Å². The highest BCUT2D eigenvalue weighted by Crippen LogP contribution is 2.20. The summed E-state index contributed by atoms with van der Waals surface area (Å²) in [5, 5.41) is 6.64. The molecule has 0 saturated carbocycles. The minimum Gasteiger partial charge on any atom is -0.493 e. The summed E-state index contributed by atoms with van der Waals surface area (Å²) in [6.07, 6.45) is 0.847. The van der Waals surface area contributed by atoms with Crippen LogP contribution in [0, 0.1) is 6.92 Å². The first-order chi connectivity index (χ1) is 14.9. The average molecular weight is 427 g/mol. The Kier molecular flexibility index (Phi) is 9.84. The molecular formula is C24H34N4O3. The third-order valence-electron chi connectivity index (χ3n) is 4.71. The molecule has 0 atom stereocenters. The molecule has 168 valence electrons. The van der Waals surface area contributed by atoms with Crippen LogP contribution >= 0.6 is 0 Å². The number of nitrogens with one attached hydrogen (secondary N) is 2. The van der Waals surface area contributed by atoms with Gasteiger partial charge in [0.1, 0.15) is 5.75 Å². The number of hydrogen-bond acceptors (Lipinski definition) is 4. The topological polar surface area (TPSA) is 75.2 Å². The van der Waals surface area contributed by atoms with Gasteiger partial charge >= 0.3 is 0 Å². The van der Waals surface area contributed by atoms with Crippen LogP contribution in [0.5, 0.6) is 5.75 Å². The lowest BCUT2D eigenvalue weighted by Crippen LogP contribution is -2.36. The number of benzene rings is 2. The van der Waals surface area contributed by atoms with Crippen LogP contribution < -0.4 is 15.4 Å². The summed E-state index contributed by atoms with van der Waals surface area (Å²) in [5.41, 5.74) is 3.96. The van der Waals surface area contributed by atoms with E-state index in [-0.39, 0.29) is 5.91 Å². The second-order valence-electron chi connectivity index (χ2n) is 7.48. The number of guanidine groups is 1. The standard InChI is InChI=1S/C24H34N4O3/c1-18-7-10-21(22(15-18)31-14-6-13-30-5)17-27-24(25-2)26-16-19-8-11-20(12-9-19)23(29)28(3)4/h7-12,15H,6,13-14,16-17H2,1-5H3,(H2,25,26,27). The number of hydrogen-bond donors (Lipinski definition) is 2. The third kappa shape index (κ3) is 7.94. The van der Waals surface area contributed by atoms with E-state index in [4.69, 9.17) is 9.47 Å². The molecule has 7 heteroatoms. The molecule has 0 saturated heterocycles. The summed E-state index contributed by atoms with van der Waals surface area (Å²) in [5.74, 6) is 1.56. The van der Waals surface area contributed by atoms with Crippen molar-refractivity contribution in [2.45, 2.75) is 26.4 Å². The van der Waals surface area contributed by atoms with E-state index < -0.39 is 0 Å². The fourth-order valence-electron chi connectivity index (χ4n) is 2.94. The average Bonchev–Trinajstić information content (AvgIpc) is 2.77. The molecule has 0 bridgehead atoms. The predicted octanol–water partition coefficient (Wildman–Crippen LogP) is 2.98. The number of ether oxygens (including phenoxy) is 2. The number of rotatable bonds is 10. The molecule has 2 N–H and O–H groups in total. The largest absolute Gasteiger partial charge is 0.493 e. The maximum Gasteiger partial charge on any atom is 0.253 e. The van der Waals surface area contributed by atoms with Gasteiger partial charge in [0.2, 0.25) is 0 Å². The normalized spacial score (nSPS) is 11.2. The van der Waals surface area contributed by atoms with E-state index >= 15 is 0 Å². The molecule has 0 spiro atoms. The Morgan fingerprint density at radius 3 is 2.39 bits per heavy atom. The van der Waals surface area contributed by atoms with Crippen LogP contribution in [0.4, 0.5) is 0 Å². The van der Waals surface area contributed by atoms with Gasteiger partial charge in [0.05, 0.1) is 6.61 Å². The Morgan fingerprint density at radius 1 is 1.03 bits per heavy atom. The van der Waals surface area contributed by atoms with Gasteiger partial charge in [0.15, 0.2) is 5.96 Å². The van der Waals surface area contributed by atoms with Gasteiger partial charge < -0.3 is 25.0 Å². The summed E-state index contributed by atoms with van der Waals surface area (Å²) in [6, 6.07) is 13.8. The fraction of sp³-hybridized carbons (Fsp3) is 0.417. The molecule has 1 amide bonds. The highest BCUT2D eigenvalue weighted by atomic mass is 16.5. The van der Waals surface area contributed by atoms with Gasteiger partial charge in [-0.15, -0.1) is 0 Å². The fourth-order valence-corrected chi connectivity index (χ4v) is 2.94. The predicted molar refractivity (Wildman–Crippen MR) is 125 cm³/mol. The lowest BCUT2D eigenvalue weighted by molar-refractivity contribution is 0.0827. The van der Waals surface area contributed by atoms with Crippen molar-refractivity contribution >= 4 is 11.9 Å². The van der Waals surface area contributed by atoms with Crippen LogP contribution in [0.1, 0.15) is 33.5 Å². The van der Waals surface area contributed by atoms with Gasteiger partial charge in [-0.05, 0) is 36.2 Å². The van der Waals surface area contributed by atoms with Gasteiger partial charge in [-0.25, -0.2) is 0 Å². The highest BCUT2D eigenvalue weighted by molar-refractivity contribution is 5.93. The van der Waals surface area contributed by atoms with E-state index in [1.165, 1.54) is 0 Å². The first-order valence-corrected chi connectivity index (χ1v) is 10.4. The first kappa shape index (κ1) is 24.2. The second-order valence-corrected chi connectivity index (χ2v) is 7.48.